The third-order valence-electron chi connectivity index (χ3n) is 6.45. The molecule has 3 rings (SSSR count). The minimum absolute atomic E-state index is 0.600. The summed E-state index contributed by atoms with van der Waals surface area (Å²) >= 11 is 0. The average molecular weight is 529 g/mol. The summed E-state index contributed by atoms with van der Waals surface area (Å²) in [6.07, 6.45) is -21.6. The smallest absolute Gasteiger partial charge is 0.217 e. The molecule has 16 heteroatoms. The van der Waals surface area contributed by atoms with Crippen LogP contribution in [0.1, 0.15) is 13.8 Å². The molecule has 0 radical (unpaired) electrons. The molecule has 210 valence electrons. The molecule has 1 amide bonds. The van der Waals surface area contributed by atoms with Crippen LogP contribution >= 0.6 is 0 Å². The van der Waals surface area contributed by atoms with Gasteiger partial charge in [-0.05, 0) is 6.92 Å². The van der Waals surface area contributed by atoms with E-state index < -0.39 is 111 Å². The number of rotatable bonds is 7. The second-order valence-electron chi connectivity index (χ2n) is 9.05. The van der Waals surface area contributed by atoms with Gasteiger partial charge in [-0.25, -0.2) is 0 Å². The van der Waals surface area contributed by atoms with Crippen molar-refractivity contribution in [3.63, 3.8) is 0 Å². The van der Waals surface area contributed by atoms with Crippen LogP contribution in [0.4, 0.5) is 0 Å². The molecule has 15 atom stereocenters. The Morgan fingerprint density at radius 2 is 1.25 bits per heavy atom. The number of ether oxygens (including phenoxy) is 5. The number of carbonyl (C=O) groups is 1. The first-order valence-electron chi connectivity index (χ1n) is 11.4. The lowest BCUT2D eigenvalue weighted by Crippen LogP contribution is -2.68. The fourth-order valence-electron chi connectivity index (χ4n) is 4.43. The molecule has 0 aromatic heterocycles. The molecule has 3 fully saturated rings. The van der Waals surface area contributed by atoms with Crippen molar-refractivity contribution in [1.29, 1.82) is 0 Å². The Bertz CT molecular complexity index is 729. The lowest BCUT2D eigenvalue weighted by atomic mass is 9.95. The van der Waals surface area contributed by atoms with Gasteiger partial charge in [0.05, 0.1) is 19.3 Å². The summed E-state index contributed by atoms with van der Waals surface area (Å²) in [5.41, 5.74) is 0. The van der Waals surface area contributed by atoms with Crippen LogP contribution in [0.3, 0.4) is 0 Å². The normalized spacial score (nSPS) is 50.0. The Hall–Kier alpha value is -1.09. The van der Waals surface area contributed by atoms with E-state index in [9.17, 15) is 50.8 Å². The molecule has 3 aliphatic rings. The van der Waals surface area contributed by atoms with Crippen molar-refractivity contribution in [3.8, 4) is 0 Å². The minimum Gasteiger partial charge on any atom is -0.394 e. The highest BCUT2D eigenvalue weighted by Gasteiger charge is 2.52. The van der Waals surface area contributed by atoms with Gasteiger partial charge in [-0.1, -0.05) is 0 Å². The van der Waals surface area contributed by atoms with E-state index in [2.05, 4.69) is 5.32 Å². The van der Waals surface area contributed by atoms with Gasteiger partial charge in [0.15, 0.2) is 18.9 Å². The molecule has 3 saturated heterocycles. The van der Waals surface area contributed by atoms with E-state index in [0.717, 1.165) is 6.92 Å². The summed E-state index contributed by atoms with van der Waals surface area (Å²) in [6.45, 7) is 1.16. The first-order chi connectivity index (χ1) is 16.9. The van der Waals surface area contributed by atoms with Crippen molar-refractivity contribution in [2.24, 2.45) is 0 Å². The Kier molecular flexibility index (Phi) is 9.97. The molecule has 0 aromatic carbocycles. The number of nitrogens with one attached hydrogen (secondary N) is 1. The van der Waals surface area contributed by atoms with E-state index in [0.29, 0.717) is 0 Å². The highest BCUT2D eigenvalue weighted by molar-refractivity contribution is 5.73. The molecule has 0 saturated carbocycles. The molecule has 16 nitrogen and oxygen atoms in total. The van der Waals surface area contributed by atoms with Crippen molar-refractivity contribution in [1.82, 2.24) is 5.32 Å². The van der Waals surface area contributed by atoms with Gasteiger partial charge in [-0.3, -0.25) is 4.79 Å². The van der Waals surface area contributed by atoms with Crippen molar-refractivity contribution in [2.45, 2.75) is 106 Å². The summed E-state index contributed by atoms with van der Waals surface area (Å²) in [7, 11) is 0. The third kappa shape index (κ3) is 5.97. The maximum absolute atomic E-state index is 11.6. The highest BCUT2D eigenvalue weighted by atomic mass is 16.7. The largest absolute Gasteiger partial charge is 0.394 e. The zero-order chi connectivity index (χ0) is 26.9. The molecular formula is C20H35NO15. The van der Waals surface area contributed by atoms with Crippen molar-refractivity contribution in [3.05, 3.63) is 0 Å². The van der Waals surface area contributed by atoms with Gasteiger partial charge in [0.25, 0.3) is 0 Å². The maximum atomic E-state index is 11.6. The van der Waals surface area contributed by atoms with Gasteiger partial charge < -0.3 is 75.0 Å². The average Bonchev–Trinajstić information content (AvgIpc) is 2.83. The first kappa shape index (κ1) is 29.5. The van der Waals surface area contributed by atoms with Crippen LogP contribution < -0.4 is 5.32 Å². The van der Waals surface area contributed by atoms with E-state index in [-0.39, 0.29) is 0 Å². The van der Waals surface area contributed by atoms with Crippen molar-refractivity contribution >= 4 is 5.91 Å². The number of carbonyl (C=O) groups excluding carboxylic acids is 1. The van der Waals surface area contributed by atoms with E-state index in [1.165, 1.54) is 6.92 Å². The SMILES string of the molecule is CC(=O)N[C@@H]1[C@@H](O[C@@H]2O[C@@H](C)[C@H](O[C@H]3O[C@H](CO)[C@H](O)[C@H](O)[C@H]3O)[C@@H](O)[C@H]2O)[C@H](O)[C@@H](CO)O[C@@H]1O. The number of hydrogen-bond acceptors (Lipinski definition) is 15. The molecule has 10 N–H and O–H groups in total. The number of hydrogen-bond donors (Lipinski definition) is 10. The Morgan fingerprint density at radius 3 is 1.83 bits per heavy atom. The number of amides is 1. The lowest BCUT2D eigenvalue weighted by Gasteiger charge is -2.48. The van der Waals surface area contributed by atoms with Gasteiger partial charge in [-0.15, -0.1) is 0 Å². The molecule has 0 bridgehead atoms. The summed E-state index contributed by atoms with van der Waals surface area (Å²) in [6, 6.07) is -1.33. The van der Waals surface area contributed by atoms with Crippen LogP contribution in [0.25, 0.3) is 0 Å². The summed E-state index contributed by atoms with van der Waals surface area (Å²) in [5.74, 6) is -0.600. The molecule has 0 spiro atoms. The monoisotopic (exact) mass is 529 g/mol. The molecule has 0 aromatic rings. The first-order valence-corrected chi connectivity index (χ1v) is 11.4. The highest BCUT2D eigenvalue weighted by Crippen LogP contribution is 2.32. The van der Waals surface area contributed by atoms with Crippen LogP contribution in [0.15, 0.2) is 0 Å². The fourth-order valence-corrected chi connectivity index (χ4v) is 4.43. The second kappa shape index (κ2) is 12.2. The molecule has 3 heterocycles. The molecule has 36 heavy (non-hydrogen) atoms. The van der Waals surface area contributed by atoms with E-state index >= 15 is 0 Å². The minimum atomic E-state index is -1.83. The number of aliphatic hydroxyl groups is 9. The van der Waals surface area contributed by atoms with Gasteiger partial charge in [0.1, 0.15) is 67.1 Å². The van der Waals surface area contributed by atoms with Crippen molar-refractivity contribution in [2.75, 3.05) is 13.2 Å². The van der Waals surface area contributed by atoms with E-state index in [1.807, 2.05) is 0 Å². The quantitative estimate of drug-likeness (QED) is 0.147. The third-order valence-corrected chi connectivity index (χ3v) is 6.45. The van der Waals surface area contributed by atoms with Gasteiger partial charge in [-0.2, -0.15) is 0 Å². The Labute approximate surface area is 205 Å². The van der Waals surface area contributed by atoms with E-state index in [4.69, 9.17) is 23.7 Å². The lowest BCUT2D eigenvalue weighted by molar-refractivity contribution is -0.368. The summed E-state index contributed by atoms with van der Waals surface area (Å²) in [5, 5.41) is 93.3. The van der Waals surface area contributed by atoms with E-state index in [1.54, 1.807) is 0 Å². The predicted octanol–water partition coefficient (Wildman–Crippen LogP) is -6.40. The summed E-state index contributed by atoms with van der Waals surface area (Å²) < 4.78 is 27.1. The zero-order valence-electron chi connectivity index (χ0n) is 19.5. The summed E-state index contributed by atoms with van der Waals surface area (Å²) in [4.78, 5) is 11.6. The van der Waals surface area contributed by atoms with Crippen molar-refractivity contribution < 1.29 is 74.4 Å². The van der Waals surface area contributed by atoms with Crippen LogP contribution in [-0.4, -0.2) is 157 Å². The van der Waals surface area contributed by atoms with Gasteiger partial charge in [0.2, 0.25) is 5.91 Å². The van der Waals surface area contributed by atoms with Gasteiger partial charge in [0, 0.05) is 6.92 Å². The predicted molar refractivity (Wildman–Crippen MR) is 111 cm³/mol. The van der Waals surface area contributed by atoms with Gasteiger partial charge >= 0.3 is 0 Å². The molecule has 3 aliphatic heterocycles. The maximum Gasteiger partial charge on any atom is 0.217 e. The van der Waals surface area contributed by atoms with Crippen LogP contribution in [0, 0.1) is 0 Å². The van der Waals surface area contributed by atoms with Crippen LogP contribution in [0.2, 0.25) is 0 Å². The Morgan fingerprint density at radius 1 is 0.722 bits per heavy atom. The molecule has 0 unspecified atom stereocenters. The second-order valence-corrected chi connectivity index (χ2v) is 9.05. The topological polar surface area (TPSA) is 257 Å². The zero-order valence-corrected chi connectivity index (χ0v) is 19.5. The van der Waals surface area contributed by atoms with Crippen LogP contribution in [-0.2, 0) is 28.5 Å². The molecule has 0 aliphatic carbocycles. The fraction of sp³-hybridized carbons (Fsp3) is 0.950. The van der Waals surface area contributed by atoms with Crippen LogP contribution in [0.5, 0.6) is 0 Å². The molecular weight excluding hydrogens is 494 g/mol. The standard InChI is InChI=1S/C20H35NO15/c1-5-16(35-20-14(29)12(27)10(25)7(3-22)34-20)13(28)15(30)19(32-5)36-17-9(21-6(2)24)18(31)33-8(4-23)11(17)26/h5,7-20,22-23,25-31H,3-4H2,1-2H3,(H,21,24)/t5-,7+,8+,9+,10-,11+,12-,13-,14+,15+,16-,17+,18-,19-,20+/m0/s1. The Balaban J connectivity index is 1.72. The number of aliphatic hydroxyl groups excluding tert-OH is 9.